The second kappa shape index (κ2) is 13.0. The average Bonchev–Trinajstić information content (AvgIpc) is 2.85. The van der Waals surface area contributed by atoms with Gasteiger partial charge in [-0.15, -0.1) is 0 Å². The fourth-order valence-corrected chi connectivity index (χ4v) is 4.68. The summed E-state index contributed by atoms with van der Waals surface area (Å²) >= 11 is 1.30. The molecule has 34 heavy (non-hydrogen) atoms. The molecule has 1 fully saturated rings. The summed E-state index contributed by atoms with van der Waals surface area (Å²) in [6.45, 7) is 5.26. The van der Waals surface area contributed by atoms with Gasteiger partial charge < -0.3 is 14.8 Å². The number of thioether (sulfide) groups is 1. The van der Waals surface area contributed by atoms with Crippen molar-refractivity contribution in [3.8, 4) is 11.5 Å². The Hall–Kier alpha value is -3.00. The standard InChI is InChI=1S/C26H33N3O4S/c1-4-6-7-8-16-33-21-14-12-19(13-15-21)27-25(31)23-18-24(30)29(5-2)26(34-23)28-20-10-9-11-22(17-20)32-3/h9-15,17,23H,4-8,16,18H2,1-3H3,(H,27,31)/t23-/m1/s1. The van der Waals surface area contributed by atoms with Crippen molar-refractivity contribution in [1.82, 2.24) is 4.90 Å². The number of carbonyl (C=O) groups is 2. The number of nitrogens with zero attached hydrogens (tertiary/aromatic N) is 2. The van der Waals surface area contributed by atoms with E-state index in [1.807, 2.05) is 49.4 Å². The lowest BCUT2D eigenvalue weighted by Crippen LogP contribution is -2.45. The average molecular weight is 484 g/mol. The Labute approximate surface area is 205 Å². The van der Waals surface area contributed by atoms with Gasteiger partial charge in [0.15, 0.2) is 5.17 Å². The minimum Gasteiger partial charge on any atom is -0.497 e. The first-order valence-electron chi connectivity index (χ1n) is 11.8. The number of methoxy groups -OCH3 is 1. The van der Waals surface area contributed by atoms with E-state index in [-0.39, 0.29) is 18.2 Å². The van der Waals surface area contributed by atoms with Gasteiger partial charge in [0.1, 0.15) is 16.7 Å². The summed E-state index contributed by atoms with van der Waals surface area (Å²) in [5.41, 5.74) is 1.33. The van der Waals surface area contributed by atoms with E-state index in [2.05, 4.69) is 17.2 Å². The van der Waals surface area contributed by atoms with Crippen LogP contribution in [0, 0.1) is 0 Å². The molecule has 8 heteroatoms. The van der Waals surface area contributed by atoms with Gasteiger partial charge in [-0.2, -0.15) is 0 Å². The minimum absolute atomic E-state index is 0.116. The Kier molecular flexibility index (Phi) is 9.82. The van der Waals surface area contributed by atoms with Gasteiger partial charge in [-0.1, -0.05) is 44.0 Å². The largest absolute Gasteiger partial charge is 0.497 e. The molecule has 1 heterocycles. The van der Waals surface area contributed by atoms with Crippen molar-refractivity contribution >= 4 is 40.1 Å². The predicted molar refractivity (Wildman–Crippen MR) is 138 cm³/mol. The van der Waals surface area contributed by atoms with Crippen molar-refractivity contribution in [2.75, 3.05) is 25.6 Å². The highest BCUT2D eigenvalue weighted by atomic mass is 32.2. The second-order valence-electron chi connectivity index (χ2n) is 7.97. The molecule has 1 atom stereocenters. The number of amides is 2. The third-order valence-electron chi connectivity index (χ3n) is 5.41. The van der Waals surface area contributed by atoms with Crippen LogP contribution in [0.5, 0.6) is 11.5 Å². The number of ether oxygens (including phenoxy) is 2. The molecule has 0 spiro atoms. The summed E-state index contributed by atoms with van der Waals surface area (Å²) in [5, 5.41) is 2.87. The molecule has 1 N–H and O–H groups in total. The number of carbonyl (C=O) groups excluding carboxylic acids is 2. The number of anilines is 1. The first-order valence-corrected chi connectivity index (χ1v) is 12.7. The lowest BCUT2D eigenvalue weighted by Gasteiger charge is -2.30. The monoisotopic (exact) mass is 483 g/mol. The number of nitrogens with one attached hydrogen (secondary N) is 1. The second-order valence-corrected chi connectivity index (χ2v) is 9.14. The van der Waals surface area contributed by atoms with Crippen LogP contribution < -0.4 is 14.8 Å². The normalized spacial score (nSPS) is 17.0. The molecule has 2 aromatic carbocycles. The number of amidine groups is 1. The lowest BCUT2D eigenvalue weighted by atomic mass is 10.2. The van der Waals surface area contributed by atoms with Crippen molar-refractivity contribution in [1.29, 1.82) is 0 Å². The molecular weight excluding hydrogens is 450 g/mol. The molecular formula is C26H33N3O4S. The van der Waals surface area contributed by atoms with Gasteiger partial charge in [0.25, 0.3) is 0 Å². The van der Waals surface area contributed by atoms with E-state index in [0.29, 0.717) is 35.4 Å². The van der Waals surface area contributed by atoms with Crippen LogP contribution in [0.1, 0.15) is 46.0 Å². The van der Waals surface area contributed by atoms with E-state index < -0.39 is 5.25 Å². The molecule has 2 amide bonds. The maximum atomic E-state index is 13.0. The van der Waals surface area contributed by atoms with E-state index in [1.165, 1.54) is 31.0 Å². The van der Waals surface area contributed by atoms with Crippen LogP contribution in [0.25, 0.3) is 0 Å². The van der Waals surface area contributed by atoms with Crippen LogP contribution in [-0.4, -0.2) is 47.4 Å². The molecule has 1 aliphatic rings. The molecule has 0 aliphatic carbocycles. The number of hydrogen-bond donors (Lipinski definition) is 1. The smallest absolute Gasteiger partial charge is 0.238 e. The van der Waals surface area contributed by atoms with E-state index in [0.717, 1.165) is 12.2 Å². The molecule has 1 saturated heterocycles. The summed E-state index contributed by atoms with van der Waals surface area (Å²) < 4.78 is 11.0. The molecule has 0 unspecified atom stereocenters. The summed E-state index contributed by atoms with van der Waals surface area (Å²) in [7, 11) is 1.59. The maximum absolute atomic E-state index is 13.0. The van der Waals surface area contributed by atoms with Crippen molar-refractivity contribution in [3.63, 3.8) is 0 Å². The topological polar surface area (TPSA) is 80.2 Å². The first-order chi connectivity index (χ1) is 16.5. The van der Waals surface area contributed by atoms with Crippen molar-refractivity contribution in [3.05, 3.63) is 48.5 Å². The Morgan fingerprint density at radius 1 is 1.12 bits per heavy atom. The molecule has 7 nitrogen and oxygen atoms in total. The van der Waals surface area contributed by atoms with Crippen molar-refractivity contribution in [2.45, 2.75) is 51.2 Å². The molecule has 0 aromatic heterocycles. The Morgan fingerprint density at radius 3 is 2.62 bits per heavy atom. The number of benzene rings is 2. The molecule has 0 saturated carbocycles. The van der Waals surface area contributed by atoms with Gasteiger partial charge in [-0.3, -0.25) is 14.5 Å². The van der Waals surface area contributed by atoms with Gasteiger partial charge in [0, 0.05) is 24.7 Å². The first kappa shape index (κ1) is 25.6. The zero-order valence-corrected chi connectivity index (χ0v) is 20.9. The third-order valence-corrected chi connectivity index (χ3v) is 6.60. The number of aliphatic imine (C=N–C) groups is 1. The summed E-state index contributed by atoms with van der Waals surface area (Å²) in [6, 6.07) is 14.6. The van der Waals surface area contributed by atoms with Crippen LogP contribution in [0.3, 0.4) is 0 Å². The molecule has 1 aliphatic heterocycles. The Morgan fingerprint density at radius 2 is 1.91 bits per heavy atom. The van der Waals surface area contributed by atoms with Crippen LogP contribution in [-0.2, 0) is 9.59 Å². The Bertz CT molecular complexity index is 994. The SMILES string of the molecule is CCCCCCOc1ccc(NC(=O)[C@H]2CC(=O)N(CC)C(=Nc3cccc(OC)c3)S2)cc1. The van der Waals surface area contributed by atoms with Gasteiger partial charge >= 0.3 is 0 Å². The van der Waals surface area contributed by atoms with E-state index in [4.69, 9.17) is 9.47 Å². The van der Waals surface area contributed by atoms with Gasteiger partial charge in [-0.05, 0) is 49.7 Å². The highest BCUT2D eigenvalue weighted by Gasteiger charge is 2.35. The summed E-state index contributed by atoms with van der Waals surface area (Å²) in [5.74, 6) is 1.12. The molecule has 0 radical (unpaired) electrons. The zero-order valence-electron chi connectivity index (χ0n) is 20.1. The lowest BCUT2D eigenvalue weighted by molar-refractivity contribution is -0.129. The number of unbranched alkanes of at least 4 members (excludes halogenated alkanes) is 3. The predicted octanol–water partition coefficient (Wildman–Crippen LogP) is 5.63. The fraction of sp³-hybridized carbons (Fsp3) is 0.423. The van der Waals surface area contributed by atoms with E-state index in [1.54, 1.807) is 18.1 Å². The number of hydrogen-bond acceptors (Lipinski definition) is 6. The highest BCUT2D eigenvalue weighted by Crippen LogP contribution is 2.31. The number of rotatable bonds is 11. The van der Waals surface area contributed by atoms with Crippen LogP contribution in [0.4, 0.5) is 11.4 Å². The van der Waals surface area contributed by atoms with Crippen LogP contribution in [0.2, 0.25) is 0 Å². The molecule has 0 bridgehead atoms. The van der Waals surface area contributed by atoms with Gasteiger partial charge in [0.2, 0.25) is 11.8 Å². The summed E-state index contributed by atoms with van der Waals surface area (Å²) in [6.07, 6.45) is 4.75. The maximum Gasteiger partial charge on any atom is 0.238 e. The molecule has 2 aromatic rings. The van der Waals surface area contributed by atoms with Crippen molar-refractivity contribution in [2.24, 2.45) is 4.99 Å². The van der Waals surface area contributed by atoms with Crippen LogP contribution in [0.15, 0.2) is 53.5 Å². The minimum atomic E-state index is -0.561. The fourth-order valence-electron chi connectivity index (χ4n) is 3.52. The third kappa shape index (κ3) is 7.25. The van der Waals surface area contributed by atoms with Gasteiger partial charge in [-0.25, -0.2) is 4.99 Å². The highest BCUT2D eigenvalue weighted by molar-refractivity contribution is 8.15. The van der Waals surface area contributed by atoms with Crippen LogP contribution >= 0.6 is 11.8 Å². The quantitative estimate of drug-likeness (QED) is 0.419. The van der Waals surface area contributed by atoms with Crippen molar-refractivity contribution < 1.29 is 19.1 Å². The Balaban J connectivity index is 1.63. The molecule has 182 valence electrons. The molecule has 3 rings (SSSR count). The van der Waals surface area contributed by atoms with E-state index >= 15 is 0 Å². The van der Waals surface area contributed by atoms with E-state index in [9.17, 15) is 9.59 Å². The summed E-state index contributed by atoms with van der Waals surface area (Å²) in [4.78, 5) is 31.9. The zero-order chi connectivity index (χ0) is 24.3. The van der Waals surface area contributed by atoms with Gasteiger partial charge in [0.05, 0.1) is 19.4 Å².